The zero-order chi connectivity index (χ0) is 14.7. The van der Waals surface area contributed by atoms with E-state index in [0.29, 0.717) is 11.6 Å². The average molecular weight is 276 g/mol. The van der Waals surface area contributed by atoms with Gasteiger partial charge in [-0.05, 0) is 37.3 Å². The number of urea groups is 1. The minimum absolute atomic E-state index is 0.130. The third kappa shape index (κ3) is 3.10. The van der Waals surface area contributed by atoms with Gasteiger partial charge in [0.1, 0.15) is 0 Å². The van der Waals surface area contributed by atoms with E-state index in [-0.39, 0.29) is 17.6 Å². The van der Waals surface area contributed by atoms with Crippen molar-refractivity contribution in [1.29, 1.82) is 0 Å². The summed E-state index contributed by atoms with van der Waals surface area (Å²) in [7, 11) is 1.59. The van der Waals surface area contributed by atoms with Gasteiger partial charge in [0.25, 0.3) is 0 Å². The number of carboxylic acids is 1. The second kappa shape index (κ2) is 5.94. The zero-order valence-electron chi connectivity index (χ0n) is 11.8. The average Bonchev–Trinajstić information content (AvgIpc) is 2.83. The van der Waals surface area contributed by atoms with Gasteiger partial charge < -0.3 is 10.4 Å². The van der Waals surface area contributed by atoms with E-state index in [4.69, 9.17) is 5.11 Å². The monoisotopic (exact) mass is 276 g/mol. The summed E-state index contributed by atoms with van der Waals surface area (Å²) < 4.78 is 0. The van der Waals surface area contributed by atoms with Crippen LogP contribution in [0.15, 0.2) is 24.3 Å². The molecular formula is C15H20N2O3. The van der Waals surface area contributed by atoms with Gasteiger partial charge in [0.05, 0.1) is 11.3 Å². The van der Waals surface area contributed by atoms with Crippen molar-refractivity contribution in [3.8, 4) is 0 Å². The fourth-order valence-corrected chi connectivity index (χ4v) is 2.67. The fourth-order valence-electron chi connectivity index (χ4n) is 2.67. The number of nitrogens with one attached hydrogen (secondary N) is 1. The lowest BCUT2D eigenvalue weighted by Crippen LogP contribution is -2.42. The van der Waals surface area contributed by atoms with Gasteiger partial charge in [0, 0.05) is 13.1 Å². The number of carbonyl (C=O) groups excluding carboxylic acids is 1. The smallest absolute Gasteiger partial charge is 0.337 e. The van der Waals surface area contributed by atoms with Gasteiger partial charge in [-0.25, -0.2) is 9.59 Å². The topological polar surface area (TPSA) is 69.6 Å². The summed E-state index contributed by atoms with van der Waals surface area (Å²) in [5, 5.41) is 12.1. The predicted molar refractivity (Wildman–Crippen MR) is 77.1 cm³/mol. The van der Waals surface area contributed by atoms with E-state index in [1.807, 2.05) is 0 Å². The molecule has 2 amide bonds. The minimum Gasteiger partial charge on any atom is -0.478 e. The number of hydrogen-bond acceptors (Lipinski definition) is 2. The van der Waals surface area contributed by atoms with Crippen molar-refractivity contribution in [2.24, 2.45) is 5.92 Å². The van der Waals surface area contributed by atoms with Crippen LogP contribution in [-0.4, -0.2) is 30.2 Å². The number of anilines is 1. The van der Waals surface area contributed by atoms with Gasteiger partial charge in [-0.3, -0.25) is 4.90 Å². The van der Waals surface area contributed by atoms with Gasteiger partial charge >= 0.3 is 12.0 Å². The molecule has 0 saturated heterocycles. The summed E-state index contributed by atoms with van der Waals surface area (Å²) >= 11 is 0. The largest absolute Gasteiger partial charge is 0.478 e. The van der Waals surface area contributed by atoms with Gasteiger partial charge in [-0.2, -0.15) is 0 Å². The highest BCUT2D eigenvalue weighted by molar-refractivity contribution is 6.01. The summed E-state index contributed by atoms with van der Waals surface area (Å²) in [6.45, 7) is 2.18. The second-order valence-corrected chi connectivity index (χ2v) is 5.45. The lowest BCUT2D eigenvalue weighted by molar-refractivity contribution is 0.0697. The standard InChI is InChI=1S/C15H20N2O3/c1-10-7-8-11(9-10)16-15(20)17(2)13-6-4-3-5-12(13)14(18)19/h3-6,10-11H,7-9H2,1-2H3,(H,16,20)(H,18,19). The summed E-state index contributed by atoms with van der Waals surface area (Å²) in [5.41, 5.74) is 0.536. The van der Waals surface area contributed by atoms with Gasteiger partial charge in [-0.1, -0.05) is 19.1 Å². The van der Waals surface area contributed by atoms with Crippen LogP contribution in [0.2, 0.25) is 0 Å². The van der Waals surface area contributed by atoms with Crippen LogP contribution in [0.3, 0.4) is 0 Å². The van der Waals surface area contributed by atoms with E-state index in [0.717, 1.165) is 19.3 Å². The van der Waals surface area contributed by atoms with Gasteiger partial charge in [-0.15, -0.1) is 0 Å². The number of aromatic carboxylic acids is 1. The molecule has 0 heterocycles. The van der Waals surface area contributed by atoms with Crippen LogP contribution in [0.25, 0.3) is 0 Å². The number of benzene rings is 1. The SMILES string of the molecule is CC1CCC(NC(=O)N(C)c2ccccc2C(=O)O)C1. The first-order chi connectivity index (χ1) is 9.49. The van der Waals surface area contributed by atoms with Crippen molar-refractivity contribution in [3.05, 3.63) is 29.8 Å². The van der Waals surface area contributed by atoms with Gasteiger partial charge in [0.2, 0.25) is 0 Å². The third-order valence-electron chi connectivity index (χ3n) is 3.82. The molecular weight excluding hydrogens is 256 g/mol. The number of nitrogens with zero attached hydrogens (tertiary/aromatic N) is 1. The Bertz CT molecular complexity index is 516. The summed E-state index contributed by atoms with van der Waals surface area (Å²) in [6, 6.07) is 6.45. The molecule has 2 unspecified atom stereocenters. The molecule has 20 heavy (non-hydrogen) atoms. The molecule has 0 aliphatic heterocycles. The van der Waals surface area contributed by atoms with Crippen molar-refractivity contribution in [2.45, 2.75) is 32.2 Å². The first-order valence-electron chi connectivity index (χ1n) is 6.85. The summed E-state index contributed by atoms with van der Waals surface area (Å²) in [6.07, 6.45) is 3.10. The van der Waals surface area contributed by atoms with Crippen molar-refractivity contribution in [2.75, 3.05) is 11.9 Å². The zero-order valence-corrected chi connectivity index (χ0v) is 11.8. The van der Waals surface area contributed by atoms with Crippen LogP contribution in [0, 0.1) is 5.92 Å². The second-order valence-electron chi connectivity index (χ2n) is 5.45. The molecule has 0 radical (unpaired) electrons. The molecule has 5 heteroatoms. The van der Waals surface area contributed by atoms with Crippen LogP contribution < -0.4 is 10.2 Å². The van der Waals surface area contributed by atoms with Crippen molar-refractivity contribution in [1.82, 2.24) is 5.32 Å². The molecule has 1 saturated carbocycles. The van der Waals surface area contributed by atoms with Crippen LogP contribution in [0.1, 0.15) is 36.5 Å². The molecule has 0 aromatic heterocycles. The van der Waals surface area contributed by atoms with Crippen LogP contribution in [0.4, 0.5) is 10.5 Å². The Labute approximate surface area is 118 Å². The van der Waals surface area contributed by atoms with E-state index >= 15 is 0 Å². The molecule has 1 aliphatic carbocycles. The minimum atomic E-state index is -1.03. The van der Waals surface area contributed by atoms with Crippen LogP contribution >= 0.6 is 0 Å². The van der Waals surface area contributed by atoms with Gasteiger partial charge in [0.15, 0.2) is 0 Å². The molecule has 5 nitrogen and oxygen atoms in total. The van der Waals surface area contributed by atoms with E-state index in [1.54, 1.807) is 25.2 Å². The third-order valence-corrected chi connectivity index (χ3v) is 3.82. The lowest BCUT2D eigenvalue weighted by Gasteiger charge is -2.22. The van der Waals surface area contributed by atoms with Crippen LogP contribution in [0.5, 0.6) is 0 Å². The van der Waals surface area contributed by atoms with Crippen molar-refractivity contribution in [3.63, 3.8) is 0 Å². The van der Waals surface area contributed by atoms with E-state index in [9.17, 15) is 9.59 Å². The lowest BCUT2D eigenvalue weighted by atomic mass is 10.1. The maximum atomic E-state index is 12.2. The molecule has 2 atom stereocenters. The molecule has 1 aromatic carbocycles. The molecule has 1 fully saturated rings. The number of carbonyl (C=O) groups is 2. The maximum Gasteiger partial charge on any atom is 0.337 e. The summed E-state index contributed by atoms with van der Waals surface area (Å²) in [5.74, 6) is -0.397. The van der Waals surface area contributed by atoms with E-state index in [2.05, 4.69) is 12.2 Å². The maximum absolute atomic E-state index is 12.2. The first kappa shape index (κ1) is 14.4. The Morgan fingerprint density at radius 1 is 1.30 bits per heavy atom. The van der Waals surface area contributed by atoms with Crippen molar-refractivity contribution >= 4 is 17.7 Å². The highest BCUT2D eigenvalue weighted by atomic mass is 16.4. The molecule has 1 aromatic rings. The first-order valence-corrected chi connectivity index (χ1v) is 6.85. The Kier molecular flexibility index (Phi) is 4.27. The van der Waals surface area contributed by atoms with E-state index in [1.165, 1.54) is 11.0 Å². The Morgan fingerprint density at radius 2 is 2.00 bits per heavy atom. The highest BCUT2D eigenvalue weighted by Crippen LogP contribution is 2.25. The Morgan fingerprint density at radius 3 is 2.60 bits per heavy atom. The predicted octanol–water partition coefficient (Wildman–Crippen LogP) is 2.72. The Hall–Kier alpha value is -2.04. The summed E-state index contributed by atoms with van der Waals surface area (Å²) in [4.78, 5) is 24.7. The molecule has 108 valence electrons. The van der Waals surface area contributed by atoms with Crippen LogP contribution in [-0.2, 0) is 0 Å². The molecule has 0 bridgehead atoms. The molecule has 2 rings (SSSR count). The highest BCUT2D eigenvalue weighted by Gasteiger charge is 2.25. The Balaban J connectivity index is 2.09. The molecule has 2 N–H and O–H groups in total. The van der Waals surface area contributed by atoms with Crippen molar-refractivity contribution < 1.29 is 14.7 Å². The fraction of sp³-hybridized carbons (Fsp3) is 0.467. The van der Waals surface area contributed by atoms with E-state index < -0.39 is 5.97 Å². The number of carboxylic acid groups (broad SMARTS) is 1. The number of hydrogen-bond donors (Lipinski definition) is 2. The number of para-hydroxylation sites is 1. The number of rotatable bonds is 3. The quantitative estimate of drug-likeness (QED) is 0.891. The molecule has 1 aliphatic rings. The normalized spacial score (nSPS) is 21.5. The molecule has 0 spiro atoms. The number of amides is 2.